The van der Waals surface area contributed by atoms with Crippen LogP contribution in [0, 0.1) is 0 Å². The Kier molecular flexibility index (Phi) is 3.62. The molecule has 0 aliphatic heterocycles. The first-order valence-corrected chi connectivity index (χ1v) is 5.61. The molecule has 88 valence electrons. The van der Waals surface area contributed by atoms with Gasteiger partial charge in [-0.1, -0.05) is 23.2 Å². The second-order valence-electron chi connectivity index (χ2n) is 3.10. The monoisotopic (exact) mass is 290 g/mol. The molecule has 17 heavy (non-hydrogen) atoms. The van der Waals surface area contributed by atoms with E-state index in [1.165, 1.54) is 12.1 Å². The molecule has 2 rings (SSSR count). The van der Waals surface area contributed by atoms with Gasteiger partial charge in [-0.05, 0) is 35.9 Å². The molecule has 3 nitrogen and oxygen atoms in total. The molecule has 0 aliphatic rings. The van der Waals surface area contributed by atoms with Gasteiger partial charge in [0.15, 0.2) is 5.76 Å². The third-order valence-corrected chi connectivity index (χ3v) is 2.45. The lowest BCUT2D eigenvalue weighted by atomic mass is 10.3. The van der Waals surface area contributed by atoms with Crippen LogP contribution in [-0.2, 0) is 0 Å². The highest BCUT2D eigenvalue weighted by atomic mass is 35.5. The maximum Gasteiger partial charge on any atom is 0.290 e. The molecule has 0 amide bonds. The lowest BCUT2D eigenvalue weighted by Crippen LogP contribution is -1.84. The molecule has 1 aromatic carbocycles. The Balaban J connectivity index is 2.22. The Morgan fingerprint density at radius 2 is 1.76 bits per heavy atom. The molecule has 0 aliphatic carbocycles. The molecule has 0 saturated carbocycles. The minimum atomic E-state index is -0.691. The van der Waals surface area contributed by atoms with Crippen LogP contribution < -0.4 is 4.74 Å². The van der Waals surface area contributed by atoms with E-state index in [-0.39, 0.29) is 11.7 Å². The lowest BCUT2D eigenvalue weighted by Gasteiger charge is -2.02. The van der Waals surface area contributed by atoms with E-state index < -0.39 is 5.24 Å². The quantitative estimate of drug-likeness (QED) is 0.766. The van der Waals surface area contributed by atoms with E-state index in [1.807, 2.05) is 0 Å². The molecule has 0 spiro atoms. The van der Waals surface area contributed by atoms with E-state index in [2.05, 4.69) is 0 Å². The number of hydrogen-bond donors (Lipinski definition) is 0. The molecule has 0 saturated heterocycles. The van der Waals surface area contributed by atoms with Gasteiger partial charge in [-0.15, -0.1) is 0 Å². The van der Waals surface area contributed by atoms with Gasteiger partial charge in [-0.3, -0.25) is 4.79 Å². The number of carbonyl (C=O) groups excluding carboxylic acids is 1. The highest BCUT2D eigenvalue weighted by molar-refractivity contribution is 6.67. The minimum absolute atomic E-state index is 0.00907. The van der Waals surface area contributed by atoms with E-state index in [1.54, 1.807) is 18.2 Å². The van der Waals surface area contributed by atoms with Crippen molar-refractivity contribution in [2.75, 3.05) is 0 Å². The zero-order valence-corrected chi connectivity index (χ0v) is 10.5. The smallest absolute Gasteiger partial charge is 0.290 e. The number of furan rings is 1. The third-order valence-electron chi connectivity index (χ3n) is 1.83. The van der Waals surface area contributed by atoms with Crippen LogP contribution >= 0.6 is 34.8 Å². The van der Waals surface area contributed by atoms with Crippen molar-refractivity contribution in [2.24, 2.45) is 0 Å². The van der Waals surface area contributed by atoms with Gasteiger partial charge in [0.2, 0.25) is 0 Å². The largest absolute Gasteiger partial charge is 0.426 e. The summed E-state index contributed by atoms with van der Waals surface area (Å²) < 4.78 is 10.4. The van der Waals surface area contributed by atoms with Crippen LogP contribution in [-0.4, -0.2) is 5.24 Å². The SMILES string of the molecule is O=C(Cl)c1ccc(Oc2cc(Cl)cc(Cl)c2)o1. The summed E-state index contributed by atoms with van der Waals surface area (Å²) in [4.78, 5) is 10.8. The van der Waals surface area contributed by atoms with Gasteiger partial charge < -0.3 is 9.15 Å². The molecule has 1 aromatic heterocycles. The first-order valence-electron chi connectivity index (χ1n) is 4.48. The standard InChI is InChI=1S/C11H5Cl3O3/c12-6-3-7(13)5-8(4-6)16-10-2-1-9(17-10)11(14)15/h1-5H. The number of hydrogen-bond acceptors (Lipinski definition) is 3. The zero-order chi connectivity index (χ0) is 12.4. The molecule has 0 fully saturated rings. The van der Waals surface area contributed by atoms with Gasteiger partial charge in [0.05, 0.1) is 0 Å². The van der Waals surface area contributed by atoms with Crippen LogP contribution in [0.1, 0.15) is 10.6 Å². The summed E-state index contributed by atoms with van der Waals surface area (Å²) in [5, 5.41) is 0.185. The summed E-state index contributed by atoms with van der Waals surface area (Å²) in [6.45, 7) is 0. The van der Waals surface area contributed by atoms with Crippen LogP contribution in [0.2, 0.25) is 10.0 Å². The summed E-state index contributed by atoms with van der Waals surface area (Å²) in [5.41, 5.74) is 0. The van der Waals surface area contributed by atoms with Crippen molar-refractivity contribution in [3.05, 3.63) is 46.1 Å². The second kappa shape index (κ2) is 5.00. The van der Waals surface area contributed by atoms with Crippen LogP contribution in [0.25, 0.3) is 0 Å². The fourth-order valence-electron chi connectivity index (χ4n) is 1.18. The minimum Gasteiger partial charge on any atom is -0.426 e. The molecule has 0 atom stereocenters. The van der Waals surface area contributed by atoms with Crippen molar-refractivity contribution < 1.29 is 13.9 Å². The first kappa shape index (κ1) is 12.3. The number of ether oxygens (including phenoxy) is 1. The predicted molar refractivity (Wildman–Crippen MR) is 65.4 cm³/mol. The fraction of sp³-hybridized carbons (Fsp3) is 0. The molecule has 6 heteroatoms. The van der Waals surface area contributed by atoms with E-state index in [4.69, 9.17) is 44.0 Å². The normalized spacial score (nSPS) is 10.3. The van der Waals surface area contributed by atoms with Crippen molar-refractivity contribution in [3.8, 4) is 11.7 Å². The van der Waals surface area contributed by atoms with Gasteiger partial charge in [0, 0.05) is 16.1 Å². The average Bonchev–Trinajstić information content (AvgIpc) is 2.64. The first-order chi connectivity index (χ1) is 8.04. The summed E-state index contributed by atoms with van der Waals surface area (Å²) >= 11 is 16.8. The molecule has 2 aromatic rings. The summed E-state index contributed by atoms with van der Waals surface area (Å²) in [6.07, 6.45) is 0. The van der Waals surface area contributed by atoms with Crippen molar-refractivity contribution >= 4 is 40.0 Å². The van der Waals surface area contributed by atoms with Gasteiger partial charge in [-0.2, -0.15) is 0 Å². The average molecular weight is 292 g/mol. The number of carbonyl (C=O) groups is 1. The van der Waals surface area contributed by atoms with Gasteiger partial charge in [-0.25, -0.2) is 0 Å². The number of rotatable bonds is 3. The van der Waals surface area contributed by atoms with Gasteiger partial charge in [0.25, 0.3) is 11.2 Å². The molecule has 0 N–H and O–H groups in total. The number of halogens is 3. The van der Waals surface area contributed by atoms with Gasteiger partial charge in [0.1, 0.15) is 5.75 Å². The second-order valence-corrected chi connectivity index (χ2v) is 4.32. The molecule has 1 heterocycles. The summed E-state index contributed by atoms with van der Waals surface area (Å²) in [5.74, 6) is 0.549. The van der Waals surface area contributed by atoms with Crippen LogP contribution in [0.15, 0.2) is 34.7 Å². The number of benzene rings is 1. The lowest BCUT2D eigenvalue weighted by molar-refractivity contribution is 0.105. The molecular formula is C11H5Cl3O3. The maximum absolute atomic E-state index is 10.8. The Labute approximate surface area is 112 Å². The Morgan fingerprint density at radius 3 is 2.29 bits per heavy atom. The van der Waals surface area contributed by atoms with Crippen molar-refractivity contribution in [1.82, 2.24) is 0 Å². The molecular weight excluding hydrogens is 286 g/mol. The van der Waals surface area contributed by atoms with Crippen molar-refractivity contribution in [3.63, 3.8) is 0 Å². The third kappa shape index (κ3) is 3.16. The predicted octanol–water partition coefficient (Wildman–Crippen LogP) is 4.76. The topological polar surface area (TPSA) is 39.4 Å². The Morgan fingerprint density at radius 1 is 1.12 bits per heavy atom. The highest BCUT2D eigenvalue weighted by Crippen LogP contribution is 2.29. The van der Waals surface area contributed by atoms with Gasteiger partial charge >= 0.3 is 0 Å². The van der Waals surface area contributed by atoms with E-state index in [0.717, 1.165) is 0 Å². The van der Waals surface area contributed by atoms with E-state index in [0.29, 0.717) is 15.8 Å². The van der Waals surface area contributed by atoms with Crippen LogP contribution in [0.4, 0.5) is 0 Å². The van der Waals surface area contributed by atoms with E-state index in [9.17, 15) is 4.79 Å². The van der Waals surface area contributed by atoms with Crippen molar-refractivity contribution in [2.45, 2.75) is 0 Å². The Bertz CT molecular complexity index is 543. The molecule has 0 radical (unpaired) electrons. The summed E-state index contributed by atoms with van der Waals surface area (Å²) in [7, 11) is 0. The molecule has 0 bridgehead atoms. The molecule has 0 unspecified atom stereocenters. The maximum atomic E-state index is 10.8. The van der Waals surface area contributed by atoms with E-state index >= 15 is 0 Å². The van der Waals surface area contributed by atoms with Crippen molar-refractivity contribution in [1.29, 1.82) is 0 Å². The zero-order valence-electron chi connectivity index (χ0n) is 8.25. The van der Waals surface area contributed by atoms with Crippen LogP contribution in [0.3, 0.4) is 0 Å². The fourth-order valence-corrected chi connectivity index (χ4v) is 1.79. The summed E-state index contributed by atoms with van der Waals surface area (Å²) in [6, 6.07) is 7.60. The van der Waals surface area contributed by atoms with Crippen LogP contribution in [0.5, 0.6) is 11.7 Å². The highest BCUT2D eigenvalue weighted by Gasteiger charge is 2.10. The Hall–Kier alpha value is -1.16.